The minimum Gasteiger partial charge on any atom is -0.371 e. The van der Waals surface area contributed by atoms with E-state index in [9.17, 15) is 14.4 Å². The van der Waals surface area contributed by atoms with Crippen LogP contribution in [0.1, 0.15) is 50.3 Å². The number of hydrogen-bond acceptors (Lipinski definition) is 5. The zero-order valence-corrected chi connectivity index (χ0v) is 14.2. The molecule has 1 saturated heterocycles. The average molecular weight is 350 g/mol. The Kier molecular flexibility index (Phi) is 4.16. The van der Waals surface area contributed by atoms with E-state index >= 15 is 0 Å². The fourth-order valence-corrected chi connectivity index (χ4v) is 3.44. The molecule has 26 heavy (non-hydrogen) atoms. The van der Waals surface area contributed by atoms with Crippen molar-refractivity contribution in [3.05, 3.63) is 65.2 Å². The summed E-state index contributed by atoms with van der Waals surface area (Å²) in [4.78, 5) is 44.8. The molecule has 2 aromatic carbocycles. The van der Waals surface area contributed by atoms with E-state index in [1.807, 2.05) is 12.1 Å². The van der Waals surface area contributed by atoms with Gasteiger partial charge in [-0.1, -0.05) is 29.3 Å². The van der Waals surface area contributed by atoms with Gasteiger partial charge in [-0.05, 0) is 43.5 Å². The van der Waals surface area contributed by atoms with Crippen LogP contribution in [0.2, 0.25) is 0 Å². The lowest BCUT2D eigenvalue weighted by Gasteiger charge is -2.30. The van der Waals surface area contributed by atoms with E-state index in [4.69, 9.17) is 4.84 Å². The quantitative estimate of drug-likeness (QED) is 0.796. The Balaban J connectivity index is 1.58. The first kappa shape index (κ1) is 16.3. The van der Waals surface area contributed by atoms with Gasteiger partial charge in [0, 0.05) is 13.1 Å². The third-order valence-electron chi connectivity index (χ3n) is 4.75. The lowest BCUT2D eigenvalue weighted by Crippen LogP contribution is -2.34. The molecule has 132 valence electrons. The Morgan fingerprint density at radius 2 is 1.38 bits per heavy atom. The van der Waals surface area contributed by atoms with Crippen molar-refractivity contribution in [2.45, 2.75) is 19.3 Å². The Labute approximate surface area is 150 Å². The molecule has 0 spiro atoms. The van der Waals surface area contributed by atoms with Gasteiger partial charge >= 0.3 is 5.97 Å². The van der Waals surface area contributed by atoms with E-state index in [2.05, 4.69) is 4.90 Å². The smallest absolute Gasteiger partial charge is 0.366 e. The summed E-state index contributed by atoms with van der Waals surface area (Å²) >= 11 is 0. The number of para-hydroxylation sites is 1. The molecule has 0 atom stereocenters. The highest BCUT2D eigenvalue weighted by Gasteiger charge is 2.39. The highest BCUT2D eigenvalue weighted by molar-refractivity contribution is 6.21. The number of hydroxylamine groups is 2. The number of nitrogens with zero attached hydrogens (tertiary/aromatic N) is 2. The largest absolute Gasteiger partial charge is 0.371 e. The molecule has 6 heteroatoms. The summed E-state index contributed by atoms with van der Waals surface area (Å²) in [5.74, 6) is -1.94. The normalized spacial score (nSPS) is 16.6. The van der Waals surface area contributed by atoms with Crippen LogP contribution in [0.3, 0.4) is 0 Å². The van der Waals surface area contributed by atoms with Gasteiger partial charge in [0.25, 0.3) is 11.8 Å². The molecule has 0 bridgehead atoms. The topological polar surface area (TPSA) is 66.9 Å². The average Bonchev–Trinajstić information content (AvgIpc) is 2.94. The number of carbonyl (C=O) groups excluding carboxylic acids is 3. The molecule has 2 aliphatic rings. The number of carbonyl (C=O) groups is 3. The van der Waals surface area contributed by atoms with Crippen LogP contribution in [0.5, 0.6) is 0 Å². The number of fused-ring (bicyclic) bond motifs is 1. The Hall–Kier alpha value is -3.15. The molecule has 0 N–H and O–H groups in total. The number of benzene rings is 2. The Morgan fingerprint density at radius 3 is 2.04 bits per heavy atom. The zero-order chi connectivity index (χ0) is 18.1. The van der Waals surface area contributed by atoms with Gasteiger partial charge < -0.3 is 9.74 Å². The van der Waals surface area contributed by atoms with Crippen LogP contribution in [0.15, 0.2) is 48.5 Å². The summed E-state index contributed by atoms with van der Waals surface area (Å²) in [6.45, 7) is 1.74. The van der Waals surface area contributed by atoms with E-state index in [1.54, 1.807) is 36.4 Å². The van der Waals surface area contributed by atoms with Crippen LogP contribution >= 0.6 is 0 Å². The third-order valence-corrected chi connectivity index (χ3v) is 4.75. The molecule has 0 aromatic heterocycles. The van der Waals surface area contributed by atoms with Gasteiger partial charge in [0.05, 0.1) is 22.4 Å². The Bertz CT molecular complexity index is 852. The molecule has 0 unspecified atom stereocenters. The first-order chi connectivity index (χ1) is 12.7. The zero-order valence-electron chi connectivity index (χ0n) is 14.2. The van der Waals surface area contributed by atoms with Gasteiger partial charge in [-0.2, -0.15) is 0 Å². The molecule has 0 saturated carbocycles. The molecule has 6 nitrogen and oxygen atoms in total. The van der Waals surface area contributed by atoms with E-state index in [1.165, 1.54) is 6.42 Å². The standard InChI is InChI=1S/C20H18N2O4/c23-18-14-8-2-3-9-15(14)19(24)22(18)26-20(25)16-10-4-5-11-17(16)21-12-6-1-7-13-21/h2-5,8-11H,1,6-7,12-13H2. The molecule has 0 radical (unpaired) electrons. The molecule has 2 amide bonds. The summed E-state index contributed by atoms with van der Waals surface area (Å²) < 4.78 is 0. The molecule has 2 aliphatic heterocycles. The van der Waals surface area contributed by atoms with Crippen molar-refractivity contribution < 1.29 is 19.2 Å². The summed E-state index contributed by atoms with van der Waals surface area (Å²) in [5, 5.41) is 0.556. The molecular formula is C20H18N2O4. The van der Waals surface area contributed by atoms with Crippen molar-refractivity contribution in [2.24, 2.45) is 0 Å². The van der Waals surface area contributed by atoms with Crippen LogP contribution in [0, 0.1) is 0 Å². The maximum Gasteiger partial charge on any atom is 0.366 e. The summed E-state index contributed by atoms with van der Waals surface area (Å²) in [6.07, 6.45) is 3.32. The molecular weight excluding hydrogens is 332 g/mol. The first-order valence-corrected chi connectivity index (χ1v) is 8.71. The second kappa shape index (κ2) is 6.63. The first-order valence-electron chi connectivity index (χ1n) is 8.71. The number of piperidine rings is 1. The van der Waals surface area contributed by atoms with Crippen LogP contribution in [0.4, 0.5) is 5.69 Å². The molecule has 2 aromatic rings. The van der Waals surface area contributed by atoms with E-state index < -0.39 is 17.8 Å². The third kappa shape index (κ3) is 2.73. The van der Waals surface area contributed by atoms with Crippen LogP contribution in [-0.2, 0) is 4.84 Å². The highest BCUT2D eigenvalue weighted by atomic mass is 16.7. The van der Waals surface area contributed by atoms with Gasteiger partial charge in [-0.25, -0.2) is 4.79 Å². The summed E-state index contributed by atoms with van der Waals surface area (Å²) in [5.41, 5.74) is 1.61. The van der Waals surface area contributed by atoms with E-state index in [0.717, 1.165) is 31.6 Å². The second-order valence-electron chi connectivity index (χ2n) is 6.39. The number of rotatable bonds is 3. The minimum atomic E-state index is -0.708. The molecule has 4 rings (SSSR count). The minimum absolute atomic E-state index is 0.245. The summed E-state index contributed by atoms with van der Waals surface area (Å²) in [6, 6.07) is 13.6. The maximum absolute atomic E-state index is 12.7. The molecule has 1 fully saturated rings. The highest BCUT2D eigenvalue weighted by Crippen LogP contribution is 2.27. The van der Waals surface area contributed by atoms with Crippen molar-refractivity contribution in [1.29, 1.82) is 0 Å². The van der Waals surface area contributed by atoms with E-state index in [0.29, 0.717) is 10.6 Å². The molecule has 2 heterocycles. The van der Waals surface area contributed by atoms with Gasteiger partial charge in [-0.3, -0.25) is 9.59 Å². The predicted octanol–water partition coefficient (Wildman–Crippen LogP) is 3.04. The number of hydrogen-bond donors (Lipinski definition) is 0. The lowest BCUT2D eigenvalue weighted by atomic mass is 10.1. The Morgan fingerprint density at radius 1 is 0.808 bits per heavy atom. The number of amides is 2. The van der Waals surface area contributed by atoms with Gasteiger partial charge in [0.2, 0.25) is 0 Å². The number of imide groups is 1. The second-order valence-corrected chi connectivity index (χ2v) is 6.39. The maximum atomic E-state index is 12.7. The SMILES string of the molecule is O=C(ON1C(=O)c2ccccc2C1=O)c1ccccc1N1CCCCC1. The van der Waals surface area contributed by atoms with Crippen molar-refractivity contribution in [2.75, 3.05) is 18.0 Å². The lowest BCUT2D eigenvalue weighted by molar-refractivity contribution is -0.0584. The van der Waals surface area contributed by atoms with Crippen LogP contribution in [-0.4, -0.2) is 35.9 Å². The van der Waals surface area contributed by atoms with Crippen molar-refractivity contribution in [3.63, 3.8) is 0 Å². The molecule has 0 aliphatic carbocycles. The predicted molar refractivity (Wildman–Crippen MR) is 94.9 cm³/mol. The van der Waals surface area contributed by atoms with Crippen LogP contribution < -0.4 is 4.90 Å². The van der Waals surface area contributed by atoms with Crippen molar-refractivity contribution in [1.82, 2.24) is 5.06 Å². The number of anilines is 1. The van der Waals surface area contributed by atoms with Gasteiger partial charge in [0.15, 0.2) is 0 Å². The fourth-order valence-electron chi connectivity index (χ4n) is 3.44. The van der Waals surface area contributed by atoms with Gasteiger partial charge in [-0.15, -0.1) is 0 Å². The van der Waals surface area contributed by atoms with Crippen molar-refractivity contribution >= 4 is 23.5 Å². The van der Waals surface area contributed by atoms with Crippen LogP contribution in [0.25, 0.3) is 0 Å². The summed E-state index contributed by atoms with van der Waals surface area (Å²) in [7, 11) is 0. The van der Waals surface area contributed by atoms with Gasteiger partial charge in [0.1, 0.15) is 0 Å². The van der Waals surface area contributed by atoms with Crippen molar-refractivity contribution in [3.8, 4) is 0 Å². The monoisotopic (exact) mass is 350 g/mol. The van der Waals surface area contributed by atoms with E-state index in [-0.39, 0.29) is 11.1 Å². The fraction of sp³-hybridized carbons (Fsp3) is 0.250.